The highest BCUT2D eigenvalue weighted by molar-refractivity contribution is 5.72. The van der Waals surface area contributed by atoms with E-state index in [1.807, 2.05) is 30.3 Å². The third-order valence-electron chi connectivity index (χ3n) is 2.72. The molecule has 4 nitrogen and oxygen atoms in total. The van der Waals surface area contributed by atoms with Gasteiger partial charge in [0.2, 0.25) is 0 Å². The van der Waals surface area contributed by atoms with Crippen LogP contribution in [0.3, 0.4) is 0 Å². The summed E-state index contributed by atoms with van der Waals surface area (Å²) in [5.74, 6) is -0.878. The summed E-state index contributed by atoms with van der Waals surface area (Å²) in [4.78, 5) is 11.7. The van der Waals surface area contributed by atoms with Crippen LogP contribution >= 0.6 is 0 Å². The minimum absolute atomic E-state index is 0.178. The molecule has 0 bridgehead atoms. The van der Waals surface area contributed by atoms with Crippen molar-refractivity contribution in [1.82, 2.24) is 5.32 Å². The Morgan fingerprint density at radius 2 is 1.95 bits per heavy atom. The number of aliphatic hydroxyl groups excluding tert-OH is 1. The summed E-state index contributed by atoms with van der Waals surface area (Å²) in [5, 5.41) is 11.5. The molecular weight excluding hydrogens is 268 g/mol. The average molecular weight is 287 g/mol. The van der Waals surface area contributed by atoms with Crippen molar-refractivity contribution < 1.29 is 23.4 Å². The standard InChI is InChI=1S/C14H19F2NO3/c1-10(7-17-8-12(18)13(15)16)14(19)20-9-11-5-3-2-4-6-11/h2-6,10,12-13,17-18H,7-9H2,1H3. The van der Waals surface area contributed by atoms with Crippen LogP contribution in [0.2, 0.25) is 0 Å². The van der Waals surface area contributed by atoms with Gasteiger partial charge in [-0.25, -0.2) is 8.78 Å². The molecule has 1 aromatic carbocycles. The summed E-state index contributed by atoms with van der Waals surface area (Å²) in [6.45, 7) is 1.74. The van der Waals surface area contributed by atoms with Crippen LogP contribution in [0.4, 0.5) is 8.78 Å². The van der Waals surface area contributed by atoms with E-state index in [1.165, 1.54) is 0 Å². The normalized spacial score (nSPS) is 14.1. The minimum atomic E-state index is -2.79. The smallest absolute Gasteiger partial charge is 0.310 e. The first kappa shape index (κ1) is 16.5. The molecule has 20 heavy (non-hydrogen) atoms. The van der Waals surface area contributed by atoms with Gasteiger partial charge in [0.25, 0.3) is 6.43 Å². The van der Waals surface area contributed by atoms with Gasteiger partial charge in [0.15, 0.2) is 0 Å². The van der Waals surface area contributed by atoms with Crippen molar-refractivity contribution in [1.29, 1.82) is 0 Å². The van der Waals surface area contributed by atoms with Gasteiger partial charge in [0.05, 0.1) is 5.92 Å². The fourth-order valence-corrected chi connectivity index (χ4v) is 1.49. The molecule has 0 saturated carbocycles. The molecule has 1 aromatic rings. The van der Waals surface area contributed by atoms with Gasteiger partial charge in [0, 0.05) is 13.1 Å². The molecule has 0 aromatic heterocycles. The number of rotatable bonds is 8. The van der Waals surface area contributed by atoms with E-state index in [4.69, 9.17) is 9.84 Å². The first-order chi connectivity index (χ1) is 9.50. The maximum atomic E-state index is 12.0. The summed E-state index contributed by atoms with van der Waals surface area (Å²) in [6, 6.07) is 9.25. The zero-order valence-electron chi connectivity index (χ0n) is 11.3. The number of ether oxygens (including phenoxy) is 1. The van der Waals surface area contributed by atoms with Crippen molar-refractivity contribution in [3.05, 3.63) is 35.9 Å². The van der Waals surface area contributed by atoms with E-state index < -0.39 is 24.4 Å². The number of alkyl halides is 2. The number of carbonyl (C=O) groups excluding carboxylic acids is 1. The molecule has 0 saturated heterocycles. The van der Waals surface area contributed by atoms with E-state index in [0.29, 0.717) is 0 Å². The first-order valence-electron chi connectivity index (χ1n) is 6.38. The summed E-state index contributed by atoms with van der Waals surface area (Å²) in [5.41, 5.74) is 0.883. The van der Waals surface area contributed by atoms with Crippen LogP contribution in [-0.2, 0) is 16.1 Å². The van der Waals surface area contributed by atoms with Crippen LogP contribution in [0.15, 0.2) is 30.3 Å². The quantitative estimate of drug-likeness (QED) is 0.713. The van der Waals surface area contributed by atoms with E-state index in [0.717, 1.165) is 5.56 Å². The molecule has 1 rings (SSSR count). The zero-order chi connectivity index (χ0) is 15.0. The number of halogens is 2. The highest BCUT2D eigenvalue weighted by Crippen LogP contribution is 2.05. The molecule has 0 aliphatic carbocycles. The van der Waals surface area contributed by atoms with Crippen LogP contribution in [0.5, 0.6) is 0 Å². The Balaban J connectivity index is 2.22. The van der Waals surface area contributed by atoms with Crippen LogP contribution in [0.1, 0.15) is 12.5 Å². The highest BCUT2D eigenvalue weighted by Gasteiger charge is 2.18. The van der Waals surface area contributed by atoms with Crippen molar-refractivity contribution in [2.24, 2.45) is 5.92 Å². The number of nitrogens with one attached hydrogen (secondary N) is 1. The summed E-state index contributed by atoms with van der Waals surface area (Å²) in [6.07, 6.45) is -4.51. The number of hydrogen-bond donors (Lipinski definition) is 2. The molecule has 0 fully saturated rings. The lowest BCUT2D eigenvalue weighted by molar-refractivity contribution is -0.149. The lowest BCUT2D eigenvalue weighted by atomic mass is 10.2. The molecule has 112 valence electrons. The molecular formula is C14H19F2NO3. The van der Waals surface area contributed by atoms with Gasteiger partial charge in [-0.2, -0.15) is 0 Å². The van der Waals surface area contributed by atoms with E-state index in [1.54, 1.807) is 6.92 Å². The largest absolute Gasteiger partial charge is 0.461 e. The molecule has 0 amide bonds. The van der Waals surface area contributed by atoms with E-state index >= 15 is 0 Å². The van der Waals surface area contributed by atoms with Crippen molar-refractivity contribution in [2.75, 3.05) is 13.1 Å². The summed E-state index contributed by atoms with van der Waals surface area (Å²) >= 11 is 0. The van der Waals surface area contributed by atoms with Gasteiger partial charge in [-0.1, -0.05) is 37.3 Å². The predicted octanol–water partition coefficient (Wildman–Crippen LogP) is 1.58. The van der Waals surface area contributed by atoms with Gasteiger partial charge < -0.3 is 15.2 Å². The summed E-state index contributed by atoms with van der Waals surface area (Å²) < 4.78 is 29.2. The monoisotopic (exact) mass is 287 g/mol. The summed E-state index contributed by atoms with van der Waals surface area (Å²) in [7, 11) is 0. The average Bonchev–Trinajstić information content (AvgIpc) is 2.45. The number of hydrogen-bond acceptors (Lipinski definition) is 4. The molecule has 2 atom stereocenters. The number of benzene rings is 1. The molecule has 2 N–H and O–H groups in total. The van der Waals surface area contributed by atoms with Crippen LogP contribution < -0.4 is 5.32 Å². The molecule has 0 radical (unpaired) electrons. The number of carbonyl (C=O) groups is 1. The zero-order valence-corrected chi connectivity index (χ0v) is 11.3. The SMILES string of the molecule is CC(CNCC(O)C(F)F)C(=O)OCc1ccccc1. The molecule has 0 aliphatic rings. The van der Waals surface area contributed by atoms with Crippen molar-refractivity contribution in [3.63, 3.8) is 0 Å². The van der Waals surface area contributed by atoms with Gasteiger partial charge in [-0.3, -0.25) is 4.79 Å². The van der Waals surface area contributed by atoms with Crippen molar-refractivity contribution >= 4 is 5.97 Å². The Bertz CT molecular complexity index is 401. The Labute approximate surface area is 116 Å². The number of aliphatic hydroxyl groups is 1. The molecule has 0 heterocycles. The minimum Gasteiger partial charge on any atom is -0.461 e. The van der Waals surface area contributed by atoms with Gasteiger partial charge in [0.1, 0.15) is 12.7 Å². The highest BCUT2D eigenvalue weighted by atomic mass is 19.3. The molecule has 0 aliphatic heterocycles. The van der Waals surface area contributed by atoms with Crippen molar-refractivity contribution in [2.45, 2.75) is 26.1 Å². The van der Waals surface area contributed by atoms with E-state index in [9.17, 15) is 13.6 Å². The van der Waals surface area contributed by atoms with Gasteiger partial charge in [-0.05, 0) is 5.56 Å². The fraction of sp³-hybridized carbons (Fsp3) is 0.500. The molecule has 2 unspecified atom stereocenters. The predicted molar refractivity (Wildman–Crippen MR) is 70.3 cm³/mol. The second-order valence-electron chi connectivity index (χ2n) is 4.55. The first-order valence-corrected chi connectivity index (χ1v) is 6.38. The fourth-order valence-electron chi connectivity index (χ4n) is 1.49. The maximum Gasteiger partial charge on any atom is 0.310 e. The second kappa shape index (κ2) is 8.60. The third-order valence-corrected chi connectivity index (χ3v) is 2.72. The van der Waals surface area contributed by atoms with E-state index in [2.05, 4.69) is 5.32 Å². The second-order valence-corrected chi connectivity index (χ2v) is 4.55. The van der Waals surface area contributed by atoms with Crippen LogP contribution in [0.25, 0.3) is 0 Å². The third kappa shape index (κ3) is 6.08. The topological polar surface area (TPSA) is 58.6 Å². The Morgan fingerprint density at radius 3 is 2.55 bits per heavy atom. The van der Waals surface area contributed by atoms with Crippen LogP contribution in [0, 0.1) is 5.92 Å². The lowest BCUT2D eigenvalue weighted by Gasteiger charge is -2.14. The lowest BCUT2D eigenvalue weighted by Crippen LogP contribution is -2.36. The van der Waals surface area contributed by atoms with Crippen molar-refractivity contribution in [3.8, 4) is 0 Å². The van der Waals surface area contributed by atoms with Gasteiger partial charge >= 0.3 is 5.97 Å². The molecule has 0 spiro atoms. The van der Waals surface area contributed by atoms with E-state index in [-0.39, 0.29) is 19.7 Å². The Morgan fingerprint density at radius 1 is 1.30 bits per heavy atom. The Hall–Kier alpha value is -1.53. The maximum absolute atomic E-state index is 12.0. The van der Waals surface area contributed by atoms with Crippen LogP contribution in [-0.4, -0.2) is 36.7 Å². The Kier molecular flexibility index (Phi) is 7.11. The molecule has 6 heteroatoms. The van der Waals surface area contributed by atoms with Gasteiger partial charge in [-0.15, -0.1) is 0 Å². The number of esters is 1.